The minimum absolute atomic E-state index is 0. The Labute approximate surface area is 153 Å². The van der Waals surface area contributed by atoms with Crippen LogP contribution in [0.4, 0.5) is 5.69 Å². The van der Waals surface area contributed by atoms with Crippen LogP contribution in [0.3, 0.4) is 0 Å². The lowest BCUT2D eigenvalue weighted by atomic mass is 10.1. The van der Waals surface area contributed by atoms with Crippen LogP contribution in [0.25, 0.3) is 0 Å². The lowest BCUT2D eigenvalue weighted by molar-refractivity contribution is -0.128. The molecule has 2 atom stereocenters. The average molecular weight is 430 g/mol. The van der Waals surface area contributed by atoms with E-state index in [4.69, 9.17) is 16.2 Å². The SMILES string of the molecule is I.NC(=O)C1CCC(CN=C(N)Nc2ccc3c(c2)CCC3)O1. The predicted molar refractivity (Wildman–Crippen MR) is 101 cm³/mol. The molecule has 3 rings (SSSR count). The normalized spacial score (nSPS) is 23.2. The molecule has 0 aromatic heterocycles. The monoisotopic (exact) mass is 430 g/mol. The second-order valence-corrected chi connectivity index (χ2v) is 5.91. The summed E-state index contributed by atoms with van der Waals surface area (Å²) in [7, 11) is 0. The van der Waals surface area contributed by atoms with E-state index in [1.165, 1.54) is 24.0 Å². The number of ether oxygens (including phenoxy) is 1. The summed E-state index contributed by atoms with van der Waals surface area (Å²) in [4.78, 5) is 15.3. The summed E-state index contributed by atoms with van der Waals surface area (Å²) < 4.78 is 5.52. The fourth-order valence-electron chi connectivity index (χ4n) is 3.09. The summed E-state index contributed by atoms with van der Waals surface area (Å²) in [5.74, 6) is -0.0419. The second kappa shape index (κ2) is 7.96. The van der Waals surface area contributed by atoms with E-state index in [1.807, 2.05) is 6.07 Å². The smallest absolute Gasteiger partial charge is 0.246 e. The van der Waals surface area contributed by atoms with Crippen molar-refractivity contribution >= 4 is 41.5 Å². The quantitative estimate of drug-likeness (QED) is 0.383. The standard InChI is InChI=1S/C16H22N4O2.HI/c17-15(21)14-7-6-13(22-14)9-19-16(18)20-12-5-4-10-2-1-3-11(10)8-12;/h4-5,8,13-14H,1-3,6-7,9H2,(H2,17,21)(H3,18,19,20);1H. The number of benzene rings is 1. The molecule has 1 aromatic carbocycles. The van der Waals surface area contributed by atoms with Crippen LogP contribution in [0.5, 0.6) is 0 Å². The minimum atomic E-state index is -0.480. The molecule has 0 spiro atoms. The third kappa shape index (κ3) is 4.57. The summed E-state index contributed by atoms with van der Waals surface area (Å²) in [6.45, 7) is 0.438. The Bertz CT molecular complexity index is 606. The lowest BCUT2D eigenvalue weighted by Crippen LogP contribution is -2.29. The molecule has 1 saturated heterocycles. The Kier molecular flexibility index (Phi) is 6.23. The number of anilines is 1. The Hall–Kier alpha value is -1.35. The van der Waals surface area contributed by atoms with Gasteiger partial charge in [0.15, 0.2) is 5.96 Å². The number of hydrogen-bond donors (Lipinski definition) is 3. The fraction of sp³-hybridized carbons (Fsp3) is 0.500. The van der Waals surface area contributed by atoms with E-state index in [0.717, 1.165) is 18.5 Å². The van der Waals surface area contributed by atoms with Crippen LogP contribution in [0, 0.1) is 0 Å². The lowest BCUT2D eigenvalue weighted by Gasteiger charge is -2.11. The summed E-state index contributed by atoms with van der Waals surface area (Å²) in [6.07, 6.45) is 4.40. The van der Waals surface area contributed by atoms with Gasteiger partial charge in [0, 0.05) is 5.69 Å². The van der Waals surface area contributed by atoms with Crippen molar-refractivity contribution in [3.05, 3.63) is 29.3 Å². The molecule has 1 aromatic rings. The highest BCUT2D eigenvalue weighted by atomic mass is 127. The number of aryl methyl sites for hydroxylation is 2. The van der Waals surface area contributed by atoms with Crippen molar-refractivity contribution < 1.29 is 9.53 Å². The van der Waals surface area contributed by atoms with Gasteiger partial charge in [-0.3, -0.25) is 9.79 Å². The first kappa shape index (κ1) is 18.0. The largest absolute Gasteiger partial charge is 0.370 e. The van der Waals surface area contributed by atoms with Crippen LogP contribution in [-0.2, 0) is 22.4 Å². The van der Waals surface area contributed by atoms with Crippen molar-refractivity contribution in [2.75, 3.05) is 11.9 Å². The summed E-state index contributed by atoms with van der Waals surface area (Å²) in [5, 5.41) is 3.11. The van der Waals surface area contributed by atoms with Gasteiger partial charge in [-0.25, -0.2) is 0 Å². The van der Waals surface area contributed by atoms with E-state index in [0.29, 0.717) is 18.9 Å². The predicted octanol–water partition coefficient (Wildman–Crippen LogP) is 1.55. The van der Waals surface area contributed by atoms with Crippen LogP contribution in [0.2, 0.25) is 0 Å². The molecule has 2 unspecified atom stereocenters. The number of nitrogens with one attached hydrogen (secondary N) is 1. The third-order valence-corrected chi connectivity index (χ3v) is 4.26. The molecule has 1 aliphatic heterocycles. The van der Waals surface area contributed by atoms with Gasteiger partial charge in [-0.05, 0) is 55.4 Å². The Morgan fingerprint density at radius 1 is 1.26 bits per heavy atom. The topological polar surface area (TPSA) is 103 Å². The molecule has 5 N–H and O–H groups in total. The number of halogens is 1. The molecule has 6 nitrogen and oxygen atoms in total. The zero-order valence-electron chi connectivity index (χ0n) is 13.0. The Morgan fingerprint density at radius 3 is 2.78 bits per heavy atom. The molecule has 1 aliphatic carbocycles. The number of rotatable bonds is 4. The van der Waals surface area contributed by atoms with Gasteiger partial charge >= 0.3 is 0 Å². The first-order valence-corrected chi connectivity index (χ1v) is 7.75. The average Bonchev–Trinajstić information content (AvgIpc) is 3.13. The van der Waals surface area contributed by atoms with Gasteiger partial charge in [-0.1, -0.05) is 6.07 Å². The van der Waals surface area contributed by atoms with Gasteiger partial charge in [0.05, 0.1) is 12.6 Å². The number of nitrogens with two attached hydrogens (primary N) is 2. The Morgan fingerprint density at radius 2 is 2.04 bits per heavy atom. The zero-order chi connectivity index (χ0) is 15.5. The highest BCUT2D eigenvalue weighted by molar-refractivity contribution is 14.0. The number of aliphatic imine (C=N–C) groups is 1. The molecule has 1 heterocycles. The number of primary amides is 1. The van der Waals surface area contributed by atoms with Crippen LogP contribution in [-0.4, -0.2) is 30.6 Å². The number of carbonyl (C=O) groups excluding carboxylic acids is 1. The van der Waals surface area contributed by atoms with Gasteiger partial charge in [-0.2, -0.15) is 0 Å². The van der Waals surface area contributed by atoms with Gasteiger partial charge in [-0.15, -0.1) is 24.0 Å². The van der Waals surface area contributed by atoms with Crippen LogP contribution in [0.15, 0.2) is 23.2 Å². The van der Waals surface area contributed by atoms with E-state index < -0.39 is 12.0 Å². The highest BCUT2D eigenvalue weighted by Gasteiger charge is 2.28. The van der Waals surface area contributed by atoms with Crippen LogP contribution < -0.4 is 16.8 Å². The number of fused-ring (bicyclic) bond motifs is 1. The third-order valence-electron chi connectivity index (χ3n) is 4.26. The molecule has 1 amide bonds. The molecule has 0 bridgehead atoms. The van der Waals surface area contributed by atoms with Gasteiger partial charge in [0.25, 0.3) is 0 Å². The summed E-state index contributed by atoms with van der Waals surface area (Å²) >= 11 is 0. The molecular weight excluding hydrogens is 407 g/mol. The molecule has 7 heteroatoms. The molecular formula is C16H23IN4O2. The second-order valence-electron chi connectivity index (χ2n) is 5.91. The number of carbonyl (C=O) groups is 1. The van der Waals surface area contributed by atoms with Gasteiger partial charge in [0.1, 0.15) is 6.10 Å². The number of guanidine groups is 1. The van der Waals surface area contributed by atoms with Crippen molar-refractivity contribution in [1.29, 1.82) is 0 Å². The van der Waals surface area contributed by atoms with Crippen molar-refractivity contribution in [1.82, 2.24) is 0 Å². The first-order valence-electron chi connectivity index (χ1n) is 7.75. The Balaban J connectivity index is 0.00000192. The van der Waals surface area contributed by atoms with Crippen LogP contribution in [0.1, 0.15) is 30.4 Å². The number of hydrogen-bond acceptors (Lipinski definition) is 3. The van der Waals surface area contributed by atoms with E-state index in [-0.39, 0.29) is 30.1 Å². The maximum atomic E-state index is 11.0. The van der Waals surface area contributed by atoms with Crippen molar-refractivity contribution in [3.8, 4) is 0 Å². The van der Waals surface area contributed by atoms with E-state index in [2.05, 4.69) is 22.4 Å². The minimum Gasteiger partial charge on any atom is -0.370 e. The van der Waals surface area contributed by atoms with Gasteiger partial charge in [0.2, 0.25) is 5.91 Å². The van der Waals surface area contributed by atoms with Crippen molar-refractivity contribution in [3.63, 3.8) is 0 Å². The maximum absolute atomic E-state index is 11.0. The van der Waals surface area contributed by atoms with Gasteiger partial charge < -0.3 is 21.5 Å². The maximum Gasteiger partial charge on any atom is 0.246 e. The summed E-state index contributed by atoms with van der Waals surface area (Å²) in [6, 6.07) is 6.32. The van der Waals surface area contributed by atoms with Crippen molar-refractivity contribution in [2.24, 2.45) is 16.5 Å². The van der Waals surface area contributed by atoms with E-state index in [1.54, 1.807) is 0 Å². The molecule has 0 saturated carbocycles. The van der Waals surface area contributed by atoms with Crippen LogP contribution >= 0.6 is 24.0 Å². The molecule has 23 heavy (non-hydrogen) atoms. The molecule has 0 radical (unpaired) electrons. The number of amides is 1. The molecule has 126 valence electrons. The molecule has 2 aliphatic rings. The number of nitrogens with zero attached hydrogens (tertiary/aromatic N) is 1. The van der Waals surface area contributed by atoms with E-state index >= 15 is 0 Å². The molecule has 1 fully saturated rings. The van der Waals surface area contributed by atoms with Crippen molar-refractivity contribution in [2.45, 2.75) is 44.3 Å². The first-order chi connectivity index (χ1) is 10.6. The van der Waals surface area contributed by atoms with E-state index in [9.17, 15) is 4.79 Å². The zero-order valence-corrected chi connectivity index (χ0v) is 15.3. The fourth-order valence-corrected chi connectivity index (χ4v) is 3.09. The summed E-state index contributed by atoms with van der Waals surface area (Å²) in [5.41, 5.74) is 14.9. The highest BCUT2D eigenvalue weighted by Crippen LogP contribution is 2.25.